The highest BCUT2D eigenvalue weighted by Gasteiger charge is 2.36. The van der Waals surface area contributed by atoms with Crippen molar-refractivity contribution in [3.63, 3.8) is 0 Å². The quantitative estimate of drug-likeness (QED) is 0.0652. The predicted molar refractivity (Wildman–Crippen MR) is 276 cm³/mol. The number of carbonyl (C=O) groups is 7. The average molecular weight is 968 g/mol. The molecule has 0 saturated carbocycles. The van der Waals surface area contributed by atoms with E-state index in [4.69, 9.17) is 0 Å². The SMILES string of the molecule is CC1(C)CC(=O)Nc2ccc(cc2)C[C@H](C(=O)N[C@@H](Cc2ccccc2)C(=O)O)CC(=O)[C@H](Cc2ccccc2)NC(=O)[C@@H](Cc2ccc(-c3ccccc3)cc2)NC(=O)[C@H](CCc2ccccc2)NC1=O. The number of Topliss-reactive ketones (excluding diaryl/α,β-unsaturated/α-hetero) is 1. The van der Waals surface area contributed by atoms with E-state index in [1.165, 1.54) is 0 Å². The van der Waals surface area contributed by atoms with Gasteiger partial charge in [-0.1, -0.05) is 172 Å². The molecule has 6 N–H and O–H groups in total. The molecule has 8 rings (SSSR count). The second kappa shape index (κ2) is 24.6. The van der Waals surface area contributed by atoms with E-state index in [9.17, 15) is 38.7 Å². The number of fused-ring (bicyclic) bond motifs is 18. The number of carboxylic acids is 1. The summed E-state index contributed by atoms with van der Waals surface area (Å²) >= 11 is 0. The van der Waals surface area contributed by atoms with E-state index in [1.807, 2.05) is 115 Å². The molecule has 0 spiro atoms. The summed E-state index contributed by atoms with van der Waals surface area (Å²) in [7, 11) is 0. The standard InChI is InChI=1S/C59H61N5O8/c1-59(2)38-53(66)60-47-30-25-42(26-31-47)33-46(54(67)63-51(57(70)71)36-41-19-11-5-12-20-41)37-52(65)49(34-40-17-9-4-10-18-40)61-56(69)50(35-43-23-28-45(29-24-43)44-21-13-6-14-22-44)62-55(68)48(64-58(59)72)32-27-39-15-7-3-8-16-39/h3-26,28-31,46,48-51H,27,32-38H2,1-2H3,(H,60,66)(H,61,69)(H,62,68)(H,63,67)(H,64,72)(H,70,71)/t46-,48-,49-,50+,51-/m0/s1. The topological polar surface area (TPSA) is 200 Å². The van der Waals surface area contributed by atoms with Gasteiger partial charge in [0.1, 0.15) is 18.1 Å². The van der Waals surface area contributed by atoms with Gasteiger partial charge in [0, 0.05) is 37.3 Å². The number of anilines is 1. The smallest absolute Gasteiger partial charge is 0.326 e. The average Bonchev–Trinajstić information content (AvgIpc) is 3.38. The van der Waals surface area contributed by atoms with Gasteiger partial charge in [0.05, 0.1) is 11.5 Å². The molecule has 0 saturated heterocycles. The fourth-order valence-electron chi connectivity index (χ4n) is 8.80. The van der Waals surface area contributed by atoms with Gasteiger partial charge in [-0.25, -0.2) is 4.79 Å². The Hall–Kier alpha value is -8.19. The molecule has 0 aliphatic carbocycles. The number of rotatable bonds is 13. The highest BCUT2D eigenvalue weighted by molar-refractivity contribution is 5.99. The lowest BCUT2D eigenvalue weighted by atomic mass is 9.87. The second-order valence-corrected chi connectivity index (χ2v) is 19.1. The van der Waals surface area contributed by atoms with Crippen LogP contribution >= 0.6 is 0 Å². The number of amides is 5. The van der Waals surface area contributed by atoms with E-state index >= 15 is 0 Å². The van der Waals surface area contributed by atoms with E-state index in [-0.39, 0.29) is 44.9 Å². The number of nitrogens with one attached hydrogen (secondary N) is 5. The minimum Gasteiger partial charge on any atom is -0.480 e. The zero-order valence-corrected chi connectivity index (χ0v) is 40.5. The molecule has 2 aliphatic rings. The third kappa shape index (κ3) is 14.9. The van der Waals surface area contributed by atoms with Gasteiger partial charge in [-0.05, 0) is 76.8 Å². The van der Waals surface area contributed by atoms with Gasteiger partial charge in [-0.15, -0.1) is 0 Å². The van der Waals surface area contributed by atoms with Gasteiger partial charge >= 0.3 is 5.97 Å². The van der Waals surface area contributed by atoms with Crippen molar-refractivity contribution in [2.24, 2.45) is 11.3 Å². The minimum absolute atomic E-state index is 0.00273. The lowest BCUT2D eigenvalue weighted by molar-refractivity contribution is -0.142. The lowest BCUT2D eigenvalue weighted by Crippen LogP contribution is -2.58. The molecule has 5 atom stereocenters. The Morgan fingerprint density at radius 2 is 1.10 bits per heavy atom. The Balaban J connectivity index is 1.26. The number of benzene rings is 6. The molecule has 6 aromatic carbocycles. The first-order chi connectivity index (χ1) is 34.7. The Morgan fingerprint density at radius 1 is 0.583 bits per heavy atom. The van der Waals surface area contributed by atoms with Gasteiger partial charge in [0.15, 0.2) is 5.78 Å². The van der Waals surface area contributed by atoms with Crippen molar-refractivity contribution in [2.45, 2.75) is 89.4 Å². The van der Waals surface area contributed by atoms with Crippen LogP contribution in [0.1, 0.15) is 60.9 Å². The van der Waals surface area contributed by atoms with E-state index in [0.29, 0.717) is 28.8 Å². The number of aryl methyl sites for hydroxylation is 1. The zero-order valence-electron chi connectivity index (χ0n) is 40.5. The first-order valence-corrected chi connectivity index (χ1v) is 24.3. The van der Waals surface area contributed by atoms with Crippen molar-refractivity contribution < 1.29 is 38.7 Å². The molecular formula is C59H61N5O8. The number of carboxylic acid groups (broad SMARTS) is 1. The second-order valence-electron chi connectivity index (χ2n) is 19.1. The van der Waals surface area contributed by atoms with Crippen LogP contribution in [0.4, 0.5) is 5.69 Å². The Kier molecular flexibility index (Phi) is 17.6. The Morgan fingerprint density at radius 3 is 1.71 bits per heavy atom. The number of ketones is 1. The number of carbonyl (C=O) groups excluding carboxylic acids is 6. The van der Waals surface area contributed by atoms with Crippen molar-refractivity contribution in [1.82, 2.24) is 21.3 Å². The zero-order chi connectivity index (χ0) is 51.0. The molecule has 5 amide bonds. The summed E-state index contributed by atoms with van der Waals surface area (Å²) in [6.45, 7) is 3.23. The van der Waals surface area contributed by atoms with E-state index < -0.39 is 76.8 Å². The summed E-state index contributed by atoms with van der Waals surface area (Å²) in [4.78, 5) is 99.1. The molecule has 370 valence electrons. The highest BCUT2D eigenvalue weighted by Crippen LogP contribution is 2.25. The maximum absolute atomic E-state index is 14.9. The van der Waals surface area contributed by atoms with Gasteiger partial charge in [0.25, 0.3) is 0 Å². The third-order valence-corrected chi connectivity index (χ3v) is 13.0. The third-order valence-electron chi connectivity index (χ3n) is 13.0. The van der Waals surface area contributed by atoms with Crippen LogP contribution in [0.25, 0.3) is 11.1 Å². The molecule has 2 bridgehead atoms. The van der Waals surface area contributed by atoms with Crippen LogP contribution in [-0.2, 0) is 65.7 Å². The molecule has 0 unspecified atom stereocenters. The fourth-order valence-corrected chi connectivity index (χ4v) is 8.80. The van der Waals surface area contributed by atoms with Crippen molar-refractivity contribution >= 4 is 47.0 Å². The summed E-state index contributed by atoms with van der Waals surface area (Å²) in [6, 6.07) is 46.6. The van der Waals surface area contributed by atoms with Crippen LogP contribution in [0.2, 0.25) is 0 Å². The van der Waals surface area contributed by atoms with Crippen molar-refractivity contribution in [3.8, 4) is 11.1 Å². The monoisotopic (exact) mass is 967 g/mol. The van der Waals surface area contributed by atoms with E-state index in [2.05, 4.69) is 26.6 Å². The van der Waals surface area contributed by atoms with Crippen molar-refractivity contribution in [2.75, 3.05) is 5.32 Å². The van der Waals surface area contributed by atoms with Crippen LogP contribution in [0.5, 0.6) is 0 Å². The number of aliphatic carboxylic acids is 1. The van der Waals surface area contributed by atoms with Gasteiger partial charge < -0.3 is 31.7 Å². The fraction of sp³-hybridized carbons (Fsp3) is 0.271. The highest BCUT2D eigenvalue weighted by atomic mass is 16.4. The Bertz CT molecular complexity index is 2810. The molecule has 72 heavy (non-hydrogen) atoms. The summed E-state index contributed by atoms with van der Waals surface area (Å²) in [5, 5.41) is 24.6. The van der Waals surface area contributed by atoms with Crippen LogP contribution in [0, 0.1) is 11.3 Å². The van der Waals surface area contributed by atoms with E-state index in [1.54, 1.807) is 68.4 Å². The number of hydrogen-bond acceptors (Lipinski definition) is 7. The van der Waals surface area contributed by atoms with Crippen molar-refractivity contribution in [3.05, 3.63) is 198 Å². The molecule has 0 aromatic heterocycles. The predicted octanol–water partition coefficient (Wildman–Crippen LogP) is 7.22. The first kappa shape index (κ1) is 51.7. The molecule has 0 fully saturated rings. The Labute approximate surface area is 420 Å². The molecule has 2 aliphatic heterocycles. The van der Waals surface area contributed by atoms with Crippen LogP contribution in [0.3, 0.4) is 0 Å². The van der Waals surface area contributed by atoms with Crippen molar-refractivity contribution in [1.29, 1.82) is 0 Å². The summed E-state index contributed by atoms with van der Waals surface area (Å²) < 4.78 is 0. The van der Waals surface area contributed by atoms with Crippen LogP contribution in [-0.4, -0.2) is 70.6 Å². The summed E-state index contributed by atoms with van der Waals surface area (Å²) in [5.41, 5.74) is 4.72. The number of hydrogen-bond donors (Lipinski definition) is 6. The first-order valence-electron chi connectivity index (χ1n) is 24.3. The van der Waals surface area contributed by atoms with E-state index in [0.717, 1.165) is 22.3 Å². The normalized spacial score (nSPS) is 19.3. The van der Waals surface area contributed by atoms with Crippen LogP contribution in [0.15, 0.2) is 170 Å². The van der Waals surface area contributed by atoms with Gasteiger partial charge in [0.2, 0.25) is 29.5 Å². The minimum atomic E-state index is -1.31. The molecule has 2 heterocycles. The largest absolute Gasteiger partial charge is 0.480 e. The molecule has 0 radical (unpaired) electrons. The molecule has 13 nitrogen and oxygen atoms in total. The van der Waals surface area contributed by atoms with Gasteiger partial charge in [-0.2, -0.15) is 0 Å². The maximum Gasteiger partial charge on any atom is 0.326 e. The lowest BCUT2D eigenvalue weighted by Gasteiger charge is -2.29. The van der Waals surface area contributed by atoms with Crippen LogP contribution < -0.4 is 26.6 Å². The molecule has 6 aromatic rings. The molecular weight excluding hydrogens is 907 g/mol. The summed E-state index contributed by atoms with van der Waals surface area (Å²) in [6.07, 6.45) is -0.0286. The van der Waals surface area contributed by atoms with Gasteiger partial charge in [-0.3, -0.25) is 28.8 Å². The summed E-state index contributed by atoms with van der Waals surface area (Å²) in [5.74, 6) is -5.83. The molecule has 13 heteroatoms. The maximum atomic E-state index is 14.9.